The Kier molecular flexibility index (Phi) is 8.05. The predicted molar refractivity (Wildman–Crippen MR) is 125 cm³/mol. The van der Waals surface area contributed by atoms with E-state index in [4.69, 9.17) is 4.74 Å². The van der Waals surface area contributed by atoms with Gasteiger partial charge in [0.05, 0.1) is 0 Å². The summed E-state index contributed by atoms with van der Waals surface area (Å²) in [5.41, 5.74) is 8.83. The summed E-state index contributed by atoms with van der Waals surface area (Å²) in [5.74, 6) is 3.43. The van der Waals surface area contributed by atoms with Crippen LogP contribution in [0.4, 0.5) is 0 Å². The van der Waals surface area contributed by atoms with E-state index in [1.54, 1.807) is 0 Å². The van der Waals surface area contributed by atoms with Crippen LogP contribution in [0, 0.1) is 25.3 Å². The molecule has 3 heteroatoms. The van der Waals surface area contributed by atoms with Crippen LogP contribution >= 0.6 is 0 Å². The number of hydrogen-bond donors (Lipinski definition) is 0. The fraction of sp³-hybridized carbons (Fsp3) is 0.346. The van der Waals surface area contributed by atoms with E-state index >= 15 is 0 Å². The molecule has 2 rings (SSSR count). The van der Waals surface area contributed by atoms with Gasteiger partial charge in [-0.25, -0.2) is 0 Å². The topological polar surface area (TPSA) is 26.3 Å². The van der Waals surface area contributed by atoms with Crippen molar-refractivity contribution in [3.63, 3.8) is 0 Å². The molecule has 2 aromatic rings. The molecule has 29 heavy (non-hydrogen) atoms. The lowest BCUT2D eigenvalue weighted by Gasteiger charge is -2.20. The highest BCUT2D eigenvalue weighted by molar-refractivity contribution is 6.87. The summed E-state index contributed by atoms with van der Waals surface area (Å²) in [6.07, 6.45) is 0. The molecule has 0 aliphatic rings. The Bertz CT molecular complexity index is 866. The van der Waals surface area contributed by atoms with Crippen LogP contribution in [0.5, 0.6) is 0 Å². The quantitative estimate of drug-likeness (QED) is 0.232. The lowest BCUT2D eigenvalue weighted by atomic mass is 9.95. The largest absolute Gasteiger partial charge is 0.417 e. The van der Waals surface area contributed by atoms with Crippen LogP contribution in [0.2, 0.25) is 18.1 Å². The summed E-state index contributed by atoms with van der Waals surface area (Å²) in [6, 6.07) is 19.9. The highest BCUT2D eigenvalue weighted by Gasteiger charge is 2.25. The van der Waals surface area contributed by atoms with Gasteiger partial charge in [0.1, 0.15) is 8.07 Å². The van der Waals surface area contributed by atoms with Gasteiger partial charge in [-0.3, -0.25) is 4.79 Å². The Balaban J connectivity index is 2.77. The minimum Gasteiger partial charge on any atom is -0.417 e. The monoisotopic (exact) mass is 404 g/mol. The third-order valence-electron chi connectivity index (χ3n) is 5.62. The second-order valence-electron chi connectivity index (χ2n) is 7.62. The molecule has 152 valence electrons. The van der Waals surface area contributed by atoms with Crippen molar-refractivity contribution in [3.05, 3.63) is 76.5 Å². The maximum atomic E-state index is 11.9. The lowest BCUT2D eigenvalue weighted by molar-refractivity contribution is -0.136. The van der Waals surface area contributed by atoms with Crippen molar-refractivity contribution >= 4 is 19.6 Å². The molecule has 0 saturated heterocycles. The van der Waals surface area contributed by atoms with Gasteiger partial charge in [-0.2, -0.15) is 0 Å². The third-order valence-corrected chi connectivity index (χ3v) is 10.3. The zero-order valence-corrected chi connectivity index (χ0v) is 19.6. The normalized spacial score (nSPS) is 10.7. The molecule has 0 amide bonds. The summed E-state index contributed by atoms with van der Waals surface area (Å²) < 4.78 is 5.70. The van der Waals surface area contributed by atoms with Crippen LogP contribution in [0.25, 0.3) is 5.57 Å². The van der Waals surface area contributed by atoms with Gasteiger partial charge in [0.25, 0.3) is 0 Å². The summed E-state index contributed by atoms with van der Waals surface area (Å²) in [6.45, 7) is 12.2. The van der Waals surface area contributed by atoms with Crippen LogP contribution in [0.15, 0.2) is 54.3 Å². The predicted octanol–water partition coefficient (Wildman–Crippen LogP) is 6.68. The summed E-state index contributed by atoms with van der Waals surface area (Å²) >= 11 is 0. The van der Waals surface area contributed by atoms with Crippen molar-refractivity contribution in [2.75, 3.05) is 0 Å². The first-order valence-corrected chi connectivity index (χ1v) is 13.1. The summed E-state index contributed by atoms with van der Waals surface area (Å²) in [5, 5.41) is 0. The highest BCUT2D eigenvalue weighted by Crippen LogP contribution is 2.29. The van der Waals surface area contributed by atoms with Crippen molar-refractivity contribution in [1.29, 1.82) is 0 Å². The molecule has 0 radical (unpaired) electrons. The van der Waals surface area contributed by atoms with Gasteiger partial charge in [0.15, 0.2) is 5.76 Å². The molecule has 0 aliphatic heterocycles. The van der Waals surface area contributed by atoms with Crippen molar-refractivity contribution in [1.82, 2.24) is 0 Å². The fourth-order valence-electron chi connectivity index (χ4n) is 3.36. The summed E-state index contributed by atoms with van der Waals surface area (Å²) in [7, 11) is -1.68. The zero-order valence-electron chi connectivity index (χ0n) is 18.6. The van der Waals surface area contributed by atoms with E-state index in [0.29, 0.717) is 5.76 Å². The van der Waals surface area contributed by atoms with Crippen molar-refractivity contribution in [2.45, 2.75) is 59.7 Å². The molecule has 0 spiro atoms. The molecule has 0 aromatic heterocycles. The maximum Gasteiger partial charge on any atom is 0.308 e. The second-order valence-corrected chi connectivity index (χ2v) is 12.6. The molecule has 0 unspecified atom stereocenters. The number of esters is 1. The van der Waals surface area contributed by atoms with Crippen LogP contribution in [-0.4, -0.2) is 14.0 Å². The molecule has 2 nitrogen and oxygen atoms in total. The molecule has 2 aromatic carbocycles. The van der Waals surface area contributed by atoms with E-state index in [0.717, 1.165) is 34.8 Å². The lowest BCUT2D eigenvalue weighted by Crippen LogP contribution is -2.29. The van der Waals surface area contributed by atoms with Crippen molar-refractivity contribution < 1.29 is 9.53 Å². The smallest absolute Gasteiger partial charge is 0.308 e. The van der Waals surface area contributed by atoms with Gasteiger partial charge in [0.2, 0.25) is 0 Å². The number of benzene rings is 2. The average Bonchev–Trinajstić information content (AvgIpc) is 2.72. The molecule has 0 aliphatic carbocycles. The Morgan fingerprint density at radius 1 is 0.828 bits per heavy atom. The molecule has 0 N–H and O–H groups in total. The van der Waals surface area contributed by atoms with E-state index < -0.39 is 8.07 Å². The number of carbonyl (C=O) groups excluding carboxylic acids is 1. The first-order chi connectivity index (χ1) is 13.8. The number of hydrogen-bond acceptors (Lipinski definition) is 2. The maximum absolute atomic E-state index is 11.9. The Hall–Kier alpha value is -2.57. The minimum absolute atomic E-state index is 0.345. The van der Waals surface area contributed by atoms with Crippen LogP contribution in [0.3, 0.4) is 0 Å². The Morgan fingerprint density at radius 3 is 1.59 bits per heavy atom. The number of aryl methyl sites for hydroxylation is 2. The van der Waals surface area contributed by atoms with Gasteiger partial charge >= 0.3 is 5.97 Å². The van der Waals surface area contributed by atoms with Gasteiger partial charge < -0.3 is 4.74 Å². The van der Waals surface area contributed by atoms with Gasteiger partial charge in [-0.1, -0.05) is 80.4 Å². The number of carbonyl (C=O) groups is 1. The van der Waals surface area contributed by atoms with Gasteiger partial charge in [-0.15, -0.1) is 5.54 Å². The second kappa shape index (κ2) is 10.3. The van der Waals surface area contributed by atoms with Gasteiger partial charge in [-0.05, 0) is 49.0 Å². The van der Waals surface area contributed by atoms with Crippen LogP contribution in [0.1, 0.15) is 49.9 Å². The standard InChI is InChI=1S/C26H32O2Si/c1-7-29(8-2,9-3)19-18-25(28-22(6)27)26(23-14-10-20(4)11-15-23)24-16-12-21(5)13-17-24/h10-17H,7-9H2,1-6H3. The van der Waals surface area contributed by atoms with Crippen molar-refractivity contribution in [3.8, 4) is 11.5 Å². The molecule has 0 atom stereocenters. The SMILES string of the molecule is CC[Si](C#CC(OC(C)=O)=C(c1ccc(C)cc1)c1ccc(C)cc1)(CC)CC. The first-order valence-electron chi connectivity index (χ1n) is 10.4. The Labute approximate surface area is 177 Å². The average molecular weight is 405 g/mol. The number of rotatable bonds is 6. The number of allylic oxidation sites excluding steroid dienone is 1. The van der Waals surface area contributed by atoms with Crippen molar-refractivity contribution in [2.24, 2.45) is 0 Å². The highest BCUT2D eigenvalue weighted by atomic mass is 28.3. The molecule has 0 heterocycles. The zero-order chi connectivity index (χ0) is 21.4. The summed E-state index contributed by atoms with van der Waals surface area (Å²) in [4.78, 5) is 11.9. The van der Waals surface area contributed by atoms with E-state index in [1.807, 2.05) is 0 Å². The number of ether oxygens (including phenoxy) is 1. The third kappa shape index (κ3) is 5.95. The molecular weight excluding hydrogens is 372 g/mol. The van der Waals surface area contributed by atoms with E-state index in [9.17, 15) is 4.79 Å². The molecule has 0 bridgehead atoms. The van der Waals surface area contributed by atoms with E-state index in [2.05, 4.69) is 94.6 Å². The van der Waals surface area contributed by atoms with Gasteiger partial charge in [0, 0.05) is 12.5 Å². The molecule has 0 saturated carbocycles. The molecule has 0 fully saturated rings. The minimum atomic E-state index is -1.68. The van der Waals surface area contributed by atoms with Crippen LogP contribution < -0.4 is 0 Å². The first kappa shape index (κ1) is 22.7. The van der Waals surface area contributed by atoms with E-state index in [1.165, 1.54) is 18.1 Å². The van der Waals surface area contributed by atoms with Crippen LogP contribution in [-0.2, 0) is 9.53 Å². The Morgan fingerprint density at radius 2 is 1.24 bits per heavy atom. The van der Waals surface area contributed by atoms with E-state index in [-0.39, 0.29) is 5.97 Å². The molecular formula is C26H32O2Si. The fourth-order valence-corrected chi connectivity index (χ4v) is 5.77.